The fraction of sp³-hybridized carbons (Fsp3) is 0.531. The molecule has 0 radical (unpaired) electrons. The van der Waals surface area contributed by atoms with Crippen molar-refractivity contribution in [2.75, 3.05) is 0 Å². The largest absolute Gasteiger partial charge is 4.00 e. The summed E-state index contributed by atoms with van der Waals surface area (Å²) in [5.41, 5.74) is 9.60. The van der Waals surface area contributed by atoms with Gasteiger partial charge in [0, 0.05) is 0 Å². The molecular weight excluding hydrogens is 771 g/mol. The molecule has 0 bridgehead atoms. The molecule has 0 heterocycles. The molecule has 54 heavy (non-hydrogen) atoms. The van der Waals surface area contributed by atoms with Gasteiger partial charge in [0.1, 0.15) is 8.07 Å². The zero-order chi connectivity index (χ0) is 36.1. The molecule has 5 unspecified atom stereocenters. The number of allylic oxidation sites excluding steroid dienone is 4. The van der Waals surface area contributed by atoms with Crippen molar-refractivity contribution in [3.63, 3.8) is 0 Å². The van der Waals surface area contributed by atoms with Crippen LogP contribution < -0.4 is 52.8 Å². The first-order valence-corrected chi connectivity index (χ1v) is 22.5. The van der Waals surface area contributed by atoms with E-state index in [-0.39, 0.29) is 58.9 Å². The Morgan fingerprint density at radius 2 is 0.796 bits per heavy atom. The van der Waals surface area contributed by atoms with E-state index >= 15 is 0 Å². The van der Waals surface area contributed by atoms with Crippen LogP contribution in [-0.4, -0.2) is 8.07 Å². The van der Waals surface area contributed by atoms with Crippen molar-refractivity contribution >= 4 is 23.6 Å². The molecular formula is C49H67Cl3SiTi. The van der Waals surface area contributed by atoms with Crippen molar-refractivity contribution in [2.24, 2.45) is 23.7 Å². The number of benzene rings is 3. The van der Waals surface area contributed by atoms with Crippen LogP contribution in [0.3, 0.4) is 0 Å². The van der Waals surface area contributed by atoms with E-state index < -0.39 is 8.07 Å². The number of fused-ring (bicyclic) bond motifs is 3. The Kier molecular flexibility index (Phi) is 18.2. The van der Waals surface area contributed by atoms with Gasteiger partial charge in [-0.15, -0.1) is 0 Å². The molecule has 0 spiro atoms. The summed E-state index contributed by atoms with van der Waals surface area (Å²) in [7, 11) is -2.79. The molecule has 3 aromatic carbocycles. The van der Waals surface area contributed by atoms with Gasteiger partial charge in [0.25, 0.3) is 0 Å². The standard InChI is InChI=1S/C49H67Si.3ClH.Ti/c1-30(2)36-21-37(31(3)4)25-42(24-36)50(43-26-38(32(5)6)22-39(27-43)33(7)8,44-28-40(34(9)10)23-41(29-44)35(11)12)49-47-19-15-13-17-45(47)46-18-14-16-20-48(46)49;;;;/h13,15,17,19-35,45-49H,14,16,18H2,1-12H3;3*1H;/q-1;;;;+4/p-3. The van der Waals surface area contributed by atoms with Gasteiger partial charge in [-0.1, -0.05) is 186 Å². The molecule has 5 atom stereocenters. The fourth-order valence-electron chi connectivity index (χ4n) is 9.95. The van der Waals surface area contributed by atoms with E-state index in [9.17, 15) is 0 Å². The molecule has 3 aliphatic rings. The zero-order valence-electron chi connectivity index (χ0n) is 35.2. The molecule has 0 aliphatic heterocycles. The molecule has 3 aliphatic carbocycles. The molecule has 0 amide bonds. The summed E-state index contributed by atoms with van der Waals surface area (Å²) in [5.74, 6) is 5.34. The molecule has 5 heteroatoms. The first-order chi connectivity index (χ1) is 23.7. The van der Waals surface area contributed by atoms with Crippen LogP contribution in [0.4, 0.5) is 0 Å². The molecule has 0 saturated heterocycles. The zero-order valence-corrected chi connectivity index (χ0v) is 40.0. The maximum Gasteiger partial charge on any atom is 4.00 e. The van der Waals surface area contributed by atoms with Gasteiger partial charge in [-0.25, -0.2) is 0 Å². The SMILES string of the molecule is CC(C)c1cc(C(C)C)cc([Si](c2cc(C(C)C)cc(C(C)C)c2)(c2cc(C(C)C)cc(C(C)C)c2)C2C3C=CC=CC3C3CCC[CH-]C32)c1.[Cl-].[Cl-].[Cl-].[Ti+4]. The first kappa shape index (κ1) is 49.1. The van der Waals surface area contributed by atoms with Crippen LogP contribution in [-0.2, 0) is 21.7 Å². The summed E-state index contributed by atoms with van der Waals surface area (Å²) in [6.07, 6.45) is 16.9. The Hall–Kier alpha value is -1.06. The van der Waals surface area contributed by atoms with Crippen LogP contribution in [0.5, 0.6) is 0 Å². The minimum Gasteiger partial charge on any atom is -1.00 e. The molecule has 0 N–H and O–H groups in total. The van der Waals surface area contributed by atoms with E-state index in [1.165, 1.54) is 52.6 Å². The van der Waals surface area contributed by atoms with E-state index in [1.807, 2.05) is 0 Å². The normalized spacial score (nSPS) is 21.9. The van der Waals surface area contributed by atoms with Crippen molar-refractivity contribution in [3.8, 4) is 0 Å². The average molecular weight is 838 g/mol. The maximum absolute atomic E-state index is 2.83. The molecule has 0 nitrogen and oxygen atoms in total. The van der Waals surface area contributed by atoms with E-state index in [0.717, 1.165) is 5.92 Å². The molecule has 2 fully saturated rings. The van der Waals surface area contributed by atoms with Crippen LogP contribution in [0.15, 0.2) is 78.9 Å². The number of hydrogen-bond acceptors (Lipinski definition) is 0. The Labute approximate surface area is 365 Å². The third-order valence-corrected chi connectivity index (χ3v) is 18.4. The molecule has 2 saturated carbocycles. The summed E-state index contributed by atoms with van der Waals surface area (Å²) in [5, 5.41) is 4.97. The van der Waals surface area contributed by atoms with Gasteiger partial charge in [-0.05, 0) is 96.3 Å². The summed E-state index contributed by atoms with van der Waals surface area (Å²) in [4.78, 5) is 0. The number of hydrogen-bond donors (Lipinski definition) is 0. The van der Waals surface area contributed by atoms with Crippen molar-refractivity contribution in [1.82, 2.24) is 0 Å². The second kappa shape index (κ2) is 20.1. The van der Waals surface area contributed by atoms with Gasteiger partial charge in [0.2, 0.25) is 0 Å². The predicted molar refractivity (Wildman–Crippen MR) is 223 cm³/mol. The monoisotopic (exact) mass is 836 g/mol. The van der Waals surface area contributed by atoms with Gasteiger partial charge < -0.3 is 43.6 Å². The molecule has 6 rings (SSSR count). The predicted octanol–water partition coefficient (Wildman–Crippen LogP) is 3.27. The third kappa shape index (κ3) is 9.29. The first-order valence-electron chi connectivity index (χ1n) is 20.4. The third-order valence-electron chi connectivity index (χ3n) is 13.0. The fourth-order valence-corrected chi connectivity index (χ4v) is 16.3. The Morgan fingerprint density at radius 1 is 0.481 bits per heavy atom. The van der Waals surface area contributed by atoms with Crippen molar-refractivity contribution in [2.45, 2.75) is 143 Å². The van der Waals surface area contributed by atoms with Gasteiger partial charge in [0.15, 0.2) is 0 Å². The van der Waals surface area contributed by atoms with Gasteiger partial charge >= 0.3 is 21.7 Å². The average Bonchev–Trinajstić information content (AvgIpc) is 3.42. The van der Waals surface area contributed by atoms with Crippen molar-refractivity contribution in [1.29, 1.82) is 0 Å². The second-order valence-corrected chi connectivity index (χ2v) is 22.3. The van der Waals surface area contributed by atoms with Gasteiger partial charge in [-0.2, -0.15) is 12.3 Å². The van der Waals surface area contributed by atoms with Crippen molar-refractivity contribution < 1.29 is 58.9 Å². The van der Waals surface area contributed by atoms with Crippen LogP contribution in [0, 0.1) is 30.1 Å². The second-order valence-electron chi connectivity index (χ2n) is 18.3. The Bertz CT molecular complexity index is 1500. The smallest absolute Gasteiger partial charge is 1.00 e. The van der Waals surface area contributed by atoms with Crippen LogP contribution in [0.1, 0.15) is 171 Å². The maximum atomic E-state index is 2.83. The summed E-state index contributed by atoms with van der Waals surface area (Å²) in [6, 6.07) is 24.0. The molecule has 292 valence electrons. The van der Waals surface area contributed by atoms with Gasteiger partial charge in [0.05, 0.1) is 0 Å². The quantitative estimate of drug-likeness (QED) is 0.167. The summed E-state index contributed by atoms with van der Waals surface area (Å²) in [6.45, 7) is 28.9. The van der Waals surface area contributed by atoms with Crippen LogP contribution in [0.25, 0.3) is 0 Å². The Morgan fingerprint density at radius 3 is 1.11 bits per heavy atom. The van der Waals surface area contributed by atoms with E-state index in [4.69, 9.17) is 0 Å². The van der Waals surface area contributed by atoms with E-state index in [0.29, 0.717) is 58.8 Å². The van der Waals surface area contributed by atoms with Crippen LogP contribution in [0.2, 0.25) is 5.54 Å². The minimum absolute atomic E-state index is 0. The Balaban J connectivity index is 0.00000252. The van der Waals surface area contributed by atoms with E-state index in [2.05, 4.69) is 168 Å². The molecule has 3 aromatic rings. The molecule has 0 aromatic heterocycles. The number of halogens is 3. The van der Waals surface area contributed by atoms with E-state index in [1.54, 1.807) is 15.6 Å². The number of rotatable bonds is 10. The summed E-state index contributed by atoms with van der Waals surface area (Å²) >= 11 is 0. The van der Waals surface area contributed by atoms with Crippen LogP contribution >= 0.6 is 0 Å². The summed E-state index contributed by atoms with van der Waals surface area (Å²) < 4.78 is 0. The minimum atomic E-state index is -2.79. The van der Waals surface area contributed by atoms with Gasteiger partial charge in [-0.3, -0.25) is 0 Å². The van der Waals surface area contributed by atoms with Crippen molar-refractivity contribution in [3.05, 3.63) is 119 Å². The topological polar surface area (TPSA) is 0 Å².